The molecule has 1 amide bonds. The van der Waals surface area contributed by atoms with Gasteiger partial charge in [0.25, 0.3) is 5.91 Å². The Hall–Kier alpha value is -2.14. The molecule has 2 aromatic carbocycles. The Morgan fingerprint density at radius 1 is 1.05 bits per heavy atom. The molecule has 0 saturated carbocycles. The second-order valence-electron chi connectivity index (χ2n) is 4.53. The van der Waals surface area contributed by atoms with Crippen LogP contribution in [0.3, 0.4) is 0 Å². The summed E-state index contributed by atoms with van der Waals surface area (Å²) in [6, 6.07) is 14.9. The van der Waals surface area contributed by atoms with Crippen molar-refractivity contribution in [1.82, 2.24) is 5.32 Å². The number of nitrogens with one attached hydrogen (secondary N) is 1. The number of carboxylic acids is 1. The highest BCUT2D eigenvalue weighted by Crippen LogP contribution is 2.17. The summed E-state index contributed by atoms with van der Waals surface area (Å²) in [5, 5.41) is 11.8. The summed E-state index contributed by atoms with van der Waals surface area (Å²) in [4.78, 5) is 23.4. The van der Waals surface area contributed by atoms with Crippen LogP contribution >= 0.6 is 15.9 Å². The maximum absolute atomic E-state index is 12.0. The van der Waals surface area contributed by atoms with E-state index in [0.717, 1.165) is 10.0 Å². The van der Waals surface area contributed by atoms with E-state index in [1.807, 2.05) is 24.3 Å². The van der Waals surface area contributed by atoms with Crippen molar-refractivity contribution < 1.29 is 14.7 Å². The molecule has 0 aromatic heterocycles. The highest BCUT2D eigenvalue weighted by atomic mass is 79.9. The smallest absolute Gasteiger partial charge is 0.326 e. The molecule has 0 heterocycles. The zero-order chi connectivity index (χ0) is 15.2. The molecular formula is C16H14BrNO3. The standard InChI is InChI=1S/C16H14BrNO3/c17-13-9-5-4-8-12(13)10-14(16(20)21)18-15(19)11-6-2-1-3-7-11/h1-9,14H,10H2,(H,18,19)(H,20,21). The Labute approximate surface area is 130 Å². The van der Waals surface area contributed by atoms with Gasteiger partial charge < -0.3 is 10.4 Å². The molecule has 4 nitrogen and oxygen atoms in total. The van der Waals surface area contributed by atoms with Crippen molar-refractivity contribution in [3.63, 3.8) is 0 Å². The molecule has 0 aliphatic rings. The van der Waals surface area contributed by atoms with E-state index in [1.165, 1.54) is 0 Å². The number of carbonyl (C=O) groups is 2. The van der Waals surface area contributed by atoms with Gasteiger partial charge in [0.15, 0.2) is 0 Å². The Morgan fingerprint density at radius 3 is 2.29 bits per heavy atom. The third kappa shape index (κ3) is 4.16. The van der Waals surface area contributed by atoms with Gasteiger partial charge in [-0.25, -0.2) is 4.79 Å². The van der Waals surface area contributed by atoms with Crippen LogP contribution < -0.4 is 5.32 Å². The summed E-state index contributed by atoms with van der Waals surface area (Å²) in [5.41, 5.74) is 1.27. The molecule has 5 heteroatoms. The van der Waals surface area contributed by atoms with Crippen LogP contribution in [0, 0.1) is 0 Å². The number of amides is 1. The topological polar surface area (TPSA) is 66.4 Å². The summed E-state index contributed by atoms with van der Waals surface area (Å²) in [6.45, 7) is 0. The number of carbonyl (C=O) groups excluding carboxylic acids is 1. The minimum Gasteiger partial charge on any atom is -0.480 e. The fourth-order valence-electron chi connectivity index (χ4n) is 1.92. The van der Waals surface area contributed by atoms with Gasteiger partial charge in [-0.3, -0.25) is 4.79 Å². The Morgan fingerprint density at radius 2 is 1.67 bits per heavy atom. The Bertz CT molecular complexity index is 643. The molecule has 0 aliphatic heterocycles. The number of rotatable bonds is 5. The number of aliphatic carboxylic acids is 1. The lowest BCUT2D eigenvalue weighted by Crippen LogP contribution is -2.42. The number of halogens is 1. The second-order valence-corrected chi connectivity index (χ2v) is 5.38. The van der Waals surface area contributed by atoms with Crippen molar-refractivity contribution in [2.45, 2.75) is 12.5 Å². The van der Waals surface area contributed by atoms with Crippen molar-refractivity contribution >= 4 is 27.8 Å². The van der Waals surface area contributed by atoms with Crippen LogP contribution in [0.25, 0.3) is 0 Å². The van der Waals surface area contributed by atoms with Gasteiger partial charge in [-0.1, -0.05) is 52.3 Å². The Balaban J connectivity index is 2.12. The molecule has 0 aliphatic carbocycles. The minimum absolute atomic E-state index is 0.218. The summed E-state index contributed by atoms with van der Waals surface area (Å²) in [6.07, 6.45) is 0.218. The minimum atomic E-state index is -1.06. The molecule has 0 saturated heterocycles. The predicted octanol–water partition coefficient (Wildman–Crippen LogP) is 2.87. The highest BCUT2D eigenvalue weighted by Gasteiger charge is 2.21. The normalized spacial score (nSPS) is 11.7. The summed E-state index contributed by atoms with van der Waals surface area (Å²) < 4.78 is 0.824. The molecule has 21 heavy (non-hydrogen) atoms. The average Bonchev–Trinajstić information content (AvgIpc) is 2.49. The zero-order valence-corrected chi connectivity index (χ0v) is 12.7. The molecule has 2 N–H and O–H groups in total. The third-order valence-electron chi connectivity index (χ3n) is 3.02. The van der Waals surface area contributed by atoms with Gasteiger partial charge in [0.05, 0.1) is 0 Å². The first-order valence-corrected chi connectivity index (χ1v) is 7.19. The quantitative estimate of drug-likeness (QED) is 0.873. The molecular weight excluding hydrogens is 334 g/mol. The molecule has 108 valence electrons. The van der Waals surface area contributed by atoms with Crippen LogP contribution in [0.2, 0.25) is 0 Å². The van der Waals surface area contributed by atoms with E-state index in [2.05, 4.69) is 21.2 Å². The van der Waals surface area contributed by atoms with Gasteiger partial charge in [0.1, 0.15) is 6.04 Å². The zero-order valence-electron chi connectivity index (χ0n) is 11.1. The SMILES string of the molecule is O=C(NC(Cc1ccccc1Br)C(=O)O)c1ccccc1. The van der Waals surface area contributed by atoms with Crippen LogP contribution in [-0.4, -0.2) is 23.0 Å². The summed E-state index contributed by atoms with van der Waals surface area (Å²) in [5.74, 6) is -1.45. The lowest BCUT2D eigenvalue weighted by molar-refractivity contribution is -0.139. The van der Waals surface area contributed by atoms with E-state index >= 15 is 0 Å². The molecule has 2 aromatic rings. The molecule has 1 unspecified atom stereocenters. The van der Waals surface area contributed by atoms with Crippen molar-refractivity contribution in [3.05, 3.63) is 70.2 Å². The van der Waals surface area contributed by atoms with E-state index < -0.39 is 17.9 Å². The molecule has 0 fully saturated rings. The van der Waals surface area contributed by atoms with Gasteiger partial charge >= 0.3 is 5.97 Å². The van der Waals surface area contributed by atoms with Crippen LogP contribution in [-0.2, 0) is 11.2 Å². The first kappa shape index (κ1) is 15.3. The van der Waals surface area contributed by atoms with Crippen molar-refractivity contribution in [3.8, 4) is 0 Å². The first-order valence-electron chi connectivity index (χ1n) is 6.40. The number of hydrogen-bond acceptors (Lipinski definition) is 2. The average molecular weight is 348 g/mol. The largest absolute Gasteiger partial charge is 0.480 e. The van der Waals surface area contributed by atoms with Crippen molar-refractivity contribution in [1.29, 1.82) is 0 Å². The van der Waals surface area contributed by atoms with Crippen LogP contribution in [0.4, 0.5) is 0 Å². The lowest BCUT2D eigenvalue weighted by Gasteiger charge is -2.15. The maximum Gasteiger partial charge on any atom is 0.326 e. The molecule has 0 spiro atoms. The van der Waals surface area contributed by atoms with Crippen molar-refractivity contribution in [2.24, 2.45) is 0 Å². The van der Waals surface area contributed by atoms with E-state index in [4.69, 9.17) is 0 Å². The fraction of sp³-hybridized carbons (Fsp3) is 0.125. The summed E-state index contributed by atoms with van der Waals surface area (Å²) >= 11 is 3.38. The number of carboxylic acid groups (broad SMARTS) is 1. The van der Waals surface area contributed by atoms with Crippen molar-refractivity contribution in [2.75, 3.05) is 0 Å². The van der Waals surface area contributed by atoms with Gasteiger partial charge in [0.2, 0.25) is 0 Å². The monoisotopic (exact) mass is 347 g/mol. The van der Waals surface area contributed by atoms with Gasteiger partial charge in [-0.05, 0) is 23.8 Å². The van der Waals surface area contributed by atoms with Crippen LogP contribution in [0.5, 0.6) is 0 Å². The van der Waals surface area contributed by atoms with Gasteiger partial charge in [0, 0.05) is 16.5 Å². The lowest BCUT2D eigenvalue weighted by atomic mass is 10.1. The molecule has 1 atom stereocenters. The summed E-state index contributed by atoms with van der Waals surface area (Å²) in [7, 11) is 0. The number of benzene rings is 2. The second kappa shape index (κ2) is 7.04. The van der Waals surface area contributed by atoms with Gasteiger partial charge in [-0.15, -0.1) is 0 Å². The predicted molar refractivity (Wildman–Crippen MR) is 83.2 cm³/mol. The molecule has 0 radical (unpaired) electrons. The van der Waals surface area contributed by atoms with E-state index in [0.29, 0.717) is 5.56 Å². The van der Waals surface area contributed by atoms with Crippen LogP contribution in [0.15, 0.2) is 59.1 Å². The maximum atomic E-state index is 12.0. The van der Waals surface area contributed by atoms with E-state index in [9.17, 15) is 14.7 Å². The Kier molecular flexibility index (Phi) is 5.11. The van der Waals surface area contributed by atoms with E-state index in [1.54, 1.807) is 30.3 Å². The van der Waals surface area contributed by atoms with Gasteiger partial charge in [-0.2, -0.15) is 0 Å². The number of hydrogen-bond donors (Lipinski definition) is 2. The van der Waals surface area contributed by atoms with Crippen LogP contribution in [0.1, 0.15) is 15.9 Å². The highest BCUT2D eigenvalue weighted by molar-refractivity contribution is 9.10. The first-order chi connectivity index (χ1) is 10.1. The fourth-order valence-corrected chi connectivity index (χ4v) is 2.36. The third-order valence-corrected chi connectivity index (χ3v) is 3.79. The molecule has 2 rings (SSSR count). The molecule has 0 bridgehead atoms. The van der Waals surface area contributed by atoms with E-state index in [-0.39, 0.29) is 6.42 Å².